The van der Waals surface area contributed by atoms with Crippen LogP contribution in [0, 0.1) is 5.82 Å². The van der Waals surface area contributed by atoms with Crippen LogP contribution in [0.1, 0.15) is 11.1 Å². The van der Waals surface area contributed by atoms with Gasteiger partial charge in [0.05, 0.1) is 4.90 Å². The van der Waals surface area contributed by atoms with Crippen LogP contribution in [0.25, 0.3) is 11.4 Å². The first-order valence-corrected chi connectivity index (χ1v) is 8.92. The van der Waals surface area contributed by atoms with Crippen molar-refractivity contribution >= 4 is 10.0 Å². The summed E-state index contributed by atoms with van der Waals surface area (Å²) in [4.78, 5) is 0.121. The third-order valence-electron chi connectivity index (χ3n) is 3.83. The summed E-state index contributed by atoms with van der Waals surface area (Å²) in [5.74, 6) is 0.141. The summed E-state index contributed by atoms with van der Waals surface area (Å²) in [6.45, 7) is 0. The molecule has 3 rings (SSSR count). The molecule has 0 radical (unpaired) electrons. The topological polar surface area (TPSA) is 89.8 Å². The van der Waals surface area contributed by atoms with Crippen molar-refractivity contribution in [2.75, 3.05) is 7.05 Å². The van der Waals surface area contributed by atoms with Gasteiger partial charge in [-0.2, -0.15) is 0 Å². The molecule has 2 aromatic carbocycles. The molecule has 130 valence electrons. The third-order valence-corrected chi connectivity index (χ3v) is 5.24. The standard InChI is InChI=1S/C16H16FN5O2S/c1-18-25(23,24)14-8-5-12(9-11-3-6-13(17)7-4-11)15(10-14)16-19-20-21-22(16)2/h3-8,10,18H,9H2,1-2H3. The molecule has 0 fully saturated rings. The van der Waals surface area contributed by atoms with E-state index < -0.39 is 10.0 Å². The number of aromatic nitrogens is 4. The lowest BCUT2D eigenvalue weighted by Crippen LogP contribution is -2.18. The van der Waals surface area contributed by atoms with Gasteiger partial charge in [0.1, 0.15) is 5.82 Å². The lowest BCUT2D eigenvalue weighted by atomic mass is 9.99. The number of aryl methyl sites for hydroxylation is 1. The normalized spacial score (nSPS) is 11.6. The second kappa shape index (κ2) is 6.69. The first-order valence-electron chi connectivity index (χ1n) is 7.44. The molecule has 0 amide bonds. The molecule has 0 aliphatic carbocycles. The molecule has 1 N–H and O–H groups in total. The Morgan fingerprint density at radius 1 is 1.16 bits per heavy atom. The second-order valence-corrected chi connectivity index (χ2v) is 7.34. The molecular formula is C16H16FN5O2S. The van der Waals surface area contributed by atoms with Crippen LogP contribution in [0.5, 0.6) is 0 Å². The number of hydrogen-bond acceptors (Lipinski definition) is 5. The number of nitrogens with zero attached hydrogens (tertiary/aromatic N) is 4. The fraction of sp³-hybridized carbons (Fsp3) is 0.188. The molecule has 0 aliphatic heterocycles. The van der Waals surface area contributed by atoms with Gasteiger partial charge in [-0.25, -0.2) is 22.2 Å². The molecule has 9 heteroatoms. The van der Waals surface area contributed by atoms with Gasteiger partial charge in [0.2, 0.25) is 10.0 Å². The minimum atomic E-state index is -3.60. The second-order valence-electron chi connectivity index (χ2n) is 5.46. The van der Waals surface area contributed by atoms with Gasteiger partial charge in [0.15, 0.2) is 5.82 Å². The third kappa shape index (κ3) is 3.57. The molecule has 1 aromatic heterocycles. The number of benzene rings is 2. The Kier molecular flexibility index (Phi) is 4.60. The molecular weight excluding hydrogens is 345 g/mol. The number of sulfonamides is 1. The van der Waals surface area contributed by atoms with E-state index in [1.807, 2.05) is 0 Å². The van der Waals surface area contributed by atoms with Crippen molar-refractivity contribution in [1.82, 2.24) is 24.9 Å². The van der Waals surface area contributed by atoms with E-state index in [-0.39, 0.29) is 10.7 Å². The minimum absolute atomic E-state index is 0.121. The quantitative estimate of drug-likeness (QED) is 0.744. The van der Waals surface area contributed by atoms with Crippen LogP contribution in [-0.2, 0) is 23.5 Å². The molecule has 7 nitrogen and oxygen atoms in total. The van der Waals surface area contributed by atoms with Gasteiger partial charge in [-0.1, -0.05) is 18.2 Å². The van der Waals surface area contributed by atoms with Crippen LogP contribution < -0.4 is 4.72 Å². The Hall–Kier alpha value is -2.65. The Morgan fingerprint density at radius 2 is 1.88 bits per heavy atom. The molecule has 0 atom stereocenters. The fourth-order valence-electron chi connectivity index (χ4n) is 2.48. The molecule has 0 spiro atoms. The van der Waals surface area contributed by atoms with Gasteiger partial charge >= 0.3 is 0 Å². The average molecular weight is 361 g/mol. The van der Waals surface area contributed by atoms with Crippen LogP contribution in [0.15, 0.2) is 47.4 Å². The maximum atomic E-state index is 13.1. The zero-order valence-corrected chi connectivity index (χ0v) is 14.5. The monoisotopic (exact) mass is 361 g/mol. The number of nitrogens with one attached hydrogen (secondary N) is 1. The summed E-state index contributed by atoms with van der Waals surface area (Å²) in [6, 6.07) is 10.9. The molecule has 0 saturated heterocycles. The van der Waals surface area contributed by atoms with Gasteiger partial charge in [0, 0.05) is 12.6 Å². The SMILES string of the molecule is CNS(=O)(=O)c1ccc(Cc2ccc(F)cc2)c(-c2nnnn2C)c1. The maximum Gasteiger partial charge on any atom is 0.240 e. The Labute approximate surface area is 144 Å². The first kappa shape index (κ1) is 17.2. The van der Waals surface area contributed by atoms with E-state index in [1.165, 1.54) is 36.0 Å². The summed E-state index contributed by atoms with van der Waals surface area (Å²) in [7, 11) is -0.568. The summed E-state index contributed by atoms with van der Waals surface area (Å²) in [5, 5.41) is 11.4. The van der Waals surface area contributed by atoms with Crippen LogP contribution in [-0.4, -0.2) is 35.7 Å². The highest BCUT2D eigenvalue weighted by molar-refractivity contribution is 7.89. The van der Waals surface area contributed by atoms with Crippen molar-refractivity contribution in [3.63, 3.8) is 0 Å². The molecule has 0 unspecified atom stereocenters. The predicted octanol–water partition coefficient (Wildman–Crippen LogP) is 1.52. The number of tetrazole rings is 1. The van der Waals surface area contributed by atoms with Crippen molar-refractivity contribution in [3.05, 3.63) is 59.4 Å². The predicted molar refractivity (Wildman–Crippen MR) is 89.7 cm³/mol. The van der Waals surface area contributed by atoms with Crippen molar-refractivity contribution in [3.8, 4) is 11.4 Å². The highest BCUT2D eigenvalue weighted by Gasteiger charge is 2.18. The van der Waals surface area contributed by atoms with Crippen molar-refractivity contribution in [1.29, 1.82) is 0 Å². The molecule has 0 saturated carbocycles. The summed E-state index contributed by atoms with van der Waals surface area (Å²) in [6.07, 6.45) is 0.488. The van der Waals surface area contributed by atoms with Crippen LogP contribution in [0.2, 0.25) is 0 Å². The van der Waals surface area contributed by atoms with Crippen LogP contribution in [0.4, 0.5) is 4.39 Å². The van der Waals surface area contributed by atoms with E-state index in [0.29, 0.717) is 17.8 Å². The van der Waals surface area contributed by atoms with Gasteiger partial charge in [-0.15, -0.1) is 5.10 Å². The van der Waals surface area contributed by atoms with Crippen LogP contribution >= 0.6 is 0 Å². The smallest absolute Gasteiger partial charge is 0.229 e. The number of rotatable bonds is 5. The Morgan fingerprint density at radius 3 is 2.48 bits per heavy atom. The van der Waals surface area contributed by atoms with E-state index in [1.54, 1.807) is 25.2 Å². The molecule has 0 bridgehead atoms. The van der Waals surface area contributed by atoms with E-state index in [0.717, 1.165) is 11.1 Å². The van der Waals surface area contributed by atoms with Gasteiger partial charge in [0.25, 0.3) is 0 Å². The van der Waals surface area contributed by atoms with Crippen molar-refractivity contribution in [2.24, 2.45) is 7.05 Å². The lowest BCUT2D eigenvalue weighted by molar-refractivity contribution is 0.588. The lowest BCUT2D eigenvalue weighted by Gasteiger charge is -2.11. The maximum absolute atomic E-state index is 13.1. The highest BCUT2D eigenvalue weighted by Crippen LogP contribution is 2.26. The van der Waals surface area contributed by atoms with E-state index in [2.05, 4.69) is 20.2 Å². The zero-order valence-electron chi connectivity index (χ0n) is 13.6. The average Bonchev–Trinajstić information content (AvgIpc) is 3.03. The first-order chi connectivity index (χ1) is 11.9. The Balaban J connectivity index is 2.11. The minimum Gasteiger partial charge on any atom is -0.229 e. The molecule has 25 heavy (non-hydrogen) atoms. The van der Waals surface area contributed by atoms with E-state index in [9.17, 15) is 12.8 Å². The van der Waals surface area contributed by atoms with Gasteiger partial charge in [-0.3, -0.25) is 0 Å². The summed E-state index contributed by atoms with van der Waals surface area (Å²) in [5.41, 5.74) is 2.33. The van der Waals surface area contributed by atoms with Gasteiger partial charge in [-0.05, 0) is 59.3 Å². The Bertz CT molecular complexity index is 1000. The highest BCUT2D eigenvalue weighted by atomic mass is 32.2. The largest absolute Gasteiger partial charge is 0.240 e. The zero-order chi connectivity index (χ0) is 18.0. The fourth-order valence-corrected chi connectivity index (χ4v) is 3.24. The number of halogens is 1. The molecule has 1 heterocycles. The summed E-state index contributed by atoms with van der Waals surface area (Å²) >= 11 is 0. The number of hydrogen-bond donors (Lipinski definition) is 1. The van der Waals surface area contributed by atoms with Crippen LogP contribution in [0.3, 0.4) is 0 Å². The molecule has 3 aromatic rings. The van der Waals surface area contributed by atoms with E-state index >= 15 is 0 Å². The van der Waals surface area contributed by atoms with Gasteiger partial charge < -0.3 is 0 Å². The molecule has 0 aliphatic rings. The van der Waals surface area contributed by atoms with Crippen molar-refractivity contribution in [2.45, 2.75) is 11.3 Å². The van der Waals surface area contributed by atoms with Crippen molar-refractivity contribution < 1.29 is 12.8 Å². The van der Waals surface area contributed by atoms with E-state index in [4.69, 9.17) is 0 Å². The summed E-state index contributed by atoms with van der Waals surface area (Å²) < 4.78 is 41.1.